The van der Waals surface area contributed by atoms with Gasteiger partial charge < -0.3 is 5.32 Å². The van der Waals surface area contributed by atoms with Gasteiger partial charge in [-0.2, -0.15) is 11.8 Å². The molecule has 0 saturated carbocycles. The third-order valence-corrected chi connectivity index (χ3v) is 5.35. The van der Waals surface area contributed by atoms with E-state index in [0.29, 0.717) is 27.9 Å². The first-order valence-corrected chi connectivity index (χ1v) is 10.2. The van der Waals surface area contributed by atoms with Crippen molar-refractivity contribution in [2.45, 2.75) is 5.75 Å². The lowest BCUT2D eigenvalue weighted by Crippen LogP contribution is -2.23. The van der Waals surface area contributed by atoms with E-state index in [-0.39, 0.29) is 23.0 Å². The van der Waals surface area contributed by atoms with Crippen LogP contribution in [-0.4, -0.2) is 23.7 Å². The highest BCUT2D eigenvalue weighted by Gasteiger charge is 2.31. The molecule has 5 heteroatoms. The molecule has 3 aromatic rings. The number of rotatable bonds is 4. The molecule has 4 nitrogen and oxygen atoms in total. The van der Waals surface area contributed by atoms with Crippen molar-refractivity contribution in [1.82, 2.24) is 0 Å². The van der Waals surface area contributed by atoms with Crippen molar-refractivity contribution < 1.29 is 14.4 Å². The highest BCUT2D eigenvalue weighted by atomic mass is 32.2. The van der Waals surface area contributed by atoms with Crippen LogP contribution in [0.25, 0.3) is 0 Å². The van der Waals surface area contributed by atoms with Crippen molar-refractivity contribution in [3.8, 4) is 0 Å². The van der Waals surface area contributed by atoms with Gasteiger partial charge in [-0.05, 0) is 30.0 Å². The molecule has 3 aromatic carbocycles. The van der Waals surface area contributed by atoms with E-state index in [9.17, 15) is 14.4 Å². The first kappa shape index (κ1) is 18.2. The van der Waals surface area contributed by atoms with E-state index < -0.39 is 0 Å². The second-order valence-electron chi connectivity index (χ2n) is 6.52. The molecule has 0 fully saturated rings. The number of ketones is 2. The smallest absolute Gasteiger partial charge is 0.255 e. The molecule has 0 bridgehead atoms. The monoisotopic (exact) mass is 387 g/mol. The Bertz CT molecular complexity index is 1100. The summed E-state index contributed by atoms with van der Waals surface area (Å²) in [6.07, 6.45) is 2.02. The van der Waals surface area contributed by atoms with Crippen molar-refractivity contribution in [3.63, 3.8) is 0 Å². The molecular formula is C23H17NO3S. The molecule has 0 saturated heterocycles. The number of carbonyl (C=O) groups excluding carboxylic acids is 3. The van der Waals surface area contributed by atoms with Gasteiger partial charge in [0.2, 0.25) is 0 Å². The van der Waals surface area contributed by atoms with E-state index in [1.165, 1.54) is 0 Å². The molecule has 28 heavy (non-hydrogen) atoms. The quantitative estimate of drug-likeness (QED) is 0.557. The fourth-order valence-corrected chi connectivity index (χ4v) is 3.89. The first-order chi connectivity index (χ1) is 13.6. The number of carbonyl (C=O) groups is 3. The third kappa shape index (κ3) is 3.14. The van der Waals surface area contributed by atoms with E-state index in [1.54, 1.807) is 66.4 Å². The lowest BCUT2D eigenvalue weighted by molar-refractivity contribution is 0.0978. The summed E-state index contributed by atoms with van der Waals surface area (Å²) in [4.78, 5) is 38.5. The molecule has 4 rings (SSSR count). The molecule has 0 spiro atoms. The molecule has 138 valence electrons. The number of fused-ring (bicyclic) bond motifs is 2. The Balaban J connectivity index is 1.68. The molecule has 0 aliphatic heterocycles. The summed E-state index contributed by atoms with van der Waals surface area (Å²) in [6.45, 7) is 0. The predicted octanol–water partition coefficient (Wildman–Crippen LogP) is 4.58. The minimum Gasteiger partial charge on any atom is -0.321 e. The zero-order chi connectivity index (χ0) is 19.7. The van der Waals surface area contributed by atoms with E-state index in [2.05, 4.69) is 5.32 Å². The van der Waals surface area contributed by atoms with Gasteiger partial charge in [-0.15, -0.1) is 0 Å². The molecule has 0 unspecified atom stereocenters. The van der Waals surface area contributed by atoms with Gasteiger partial charge in [0.25, 0.3) is 5.91 Å². The van der Waals surface area contributed by atoms with Crippen LogP contribution in [-0.2, 0) is 5.75 Å². The van der Waals surface area contributed by atoms with Crippen LogP contribution in [0, 0.1) is 0 Å². The van der Waals surface area contributed by atoms with E-state index in [1.807, 2.05) is 18.4 Å². The van der Waals surface area contributed by atoms with Crippen LogP contribution in [0.4, 0.5) is 5.69 Å². The summed E-state index contributed by atoms with van der Waals surface area (Å²) in [5.74, 6) is 0.103. The number of hydrogen-bond donors (Lipinski definition) is 1. The minimum absolute atomic E-state index is 0.206. The summed E-state index contributed by atoms with van der Waals surface area (Å²) in [5.41, 5.74) is 3.31. The lowest BCUT2D eigenvalue weighted by Gasteiger charge is -2.20. The summed E-state index contributed by atoms with van der Waals surface area (Å²) < 4.78 is 0. The Morgan fingerprint density at radius 1 is 0.821 bits per heavy atom. The van der Waals surface area contributed by atoms with Gasteiger partial charge >= 0.3 is 0 Å². The van der Waals surface area contributed by atoms with Crippen LogP contribution in [0.3, 0.4) is 0 Å². The summed E-state index contributed by atoms with van der Waals surface area (Å²) in [7, 11) is 0. The highest BCUT2D eigenvalue weighted by molar-refractivity contribution is 7.97. The molecular weight excluding hydrogens is 370 g/mol. The first-order valence-electron chi connectivity index (χ1n) is 8.81. The van der Waals surface area contributed by atoms with Crippen molar-refractivity contribution in [3.05, 3.63) is 100 Å². The normalized spacial score (nSPS) is 12.3. The molecule has 0 radical (unpaired) electrons. The second kappa shape index (κ2) is 7.44. The van der Waals surface area contributed by atoms with Gasteiger partial charge in [-0.3, -0.25) is 14.4 Å². The average molecular weight is 387 g/mol. The summed E-state index contributed by atoms with van der Waals surface area (Å²) in [5, 5.41) is 2.80. The maximum atomic E-state index is 13.0. The van der Waals surface area contributed by atoms with Gasteiger partial charge in [0.15, 0.2) is 11.6 Å². The van der Waals surface area contributed by atoms with Crippen molar-refractivity contribution >= 4 is 34.9 Å². The summed E-state index contributed by atoms with van der Waals surface area (Å²) in [6, 6.07) is 19.1. The third-order valence-electron chi connectivity index (χ3n) is 4.73. The summed E-state index contributed by atoms with van der Waals surface area (Å²) >= 11 is 1.71. The number of nitrogens with one attached hydrogen (secondary N) is 1. The molecule has 1 N–H and O–H groups in total. The zero-order valence-corrected chi connectivity index (χ0v) is 16.0. The highest BCUT2D eigenvalue weighted by Crippen LogP contribution is 2.32. The molecule has 0 heterocycles. The number of hydrogen-bond acceptors (Lipinski definition) is 4. The largest absolute Gasteiger partial charge is 0.321 e. The Morgan fingerprint density at radius 2 is 1.46 bits per heavy atom. The molecule has 0 aromatic heterocycles. The van der Waals surface area contributed by atoms with E-state index >= 15 is 0 Å². The molecule has 1 aliphatic rings. The Hall–Kier alpha value is -3.18. The van der Waals surface area contributed by atoms with Crippen LogP contribution < -0.4 is 5.32 Å². The van der Waals surface area contributed by atoms with Crippen LogP contribution in [0.5, 0.6) is 0 Å². The number of thioether (sulfide) groups is 1. The number of amides is 1. The maximum Gasteiger partial charge on any atom is 0.255 e. The fraction of sp³-hybridized carbons (Fsp3) is 0.0870. The fourth-order valence-electron chi connectivity index (χ4n) is 3.36. The standard InChI is InChI=1S/C23H17NO3S/c1-28-13-14-9-11-15(12-10-14)23(27)24-19-8-4-7-18-20(19)22(26)17-6-3-2-5-16(17)21(18)25/h2-12H,13H2,1H3,(H,24,27). The number of anilines is 1. The van der Waals surface area contributed by atoms with Gasteiger partial charge in [0.05, 0.1) is 11.3 Å². The minimum atomic E-state index is -0.316. The molecule has 1 amide bonds. The van der Waals surface area contributed by atoms with Crippen molar-refractivity contribution in [2.75, 3.05) is 11.6 Å². The van der Waals surface area contributed by atoms with Gasteiger partial charge in [-0.25, -0.2) is 0 Å². The second-order valence-corrected chi connectivity index (χ2v) is 7.38. The Morgan fingerprint density at radius 3 is 2.14 bits per heavy atom. The van der Waals surface area contributed by atoms with Crippen molar-refractivity contribution in [1.29, 1.82) is 0 Å². The molecule has 1 aliphatic carbocycles. The average Bonchev–Trinajstić information content (AvgIpc) is 2.72. The SMILES string of the molecule is CSCc1ccc(C(=O)Nc2cccc3c2C(=O)c2ccccc2C3=O)cc1. The van der Waals surface area contributed by atoms with Crippen LogP contribution >= 0.6 is 11.8 Å². The lowest BCUT2D eigenvalue weighted by atomic mass is 9.83. The Labute approximate surface area is 167 Å². The predicted molar refractivity (Wildman–Crippen MR) is 111 cm³/mol. The van der Waals surface area contributed by atoms with Crippen LogP contribution in [0.2, 0.25) is 0 Å². The van der Waals surface area contributed by atoms with Crippen LogP contribution in [0.1, 0.15) is 47.8 Å². The Kier molecular flexibility index (Phi) is 4.84. The number of benzene rings is 3. The molecule has 0 atom stereocenters. The van der Waals surface area contributed by atoms with Gasteiger partial charge in [0.1, 0.15) is 0 Å². The topological polar surface area (TPSA) is 63.2 Å². The van der Waals surface area contributed by atoms with Crippen LogP contribution in [0.15, 0.2) is 66.7 Å². The van der Waals surface area contributed by atoms with Gasteiger partial charge in [0, 0.05) is 28.0 Å². The zero-order valence-electron chi connectivity index (χ0n) is 15.2. The van der Waals surface area contributed by atoms with Crippen molar-refractivity contribution in [2.24, 2.45) is 0 Å². The maximum absolute atomic E-state index is 13.0. The van der Waals surface area contributed by atoms with E-state index in [4.69, 9.17) is 0 Å². The van der Waals surface area contributed by atoms with Gasteiger partial charge in [-0.1, -0.05) is 48.5 Å². The van der Waals surface area contributed by atoms with E-state index in [0.717, 1.165) is 11.3 Å².